The fourth-order valence-corrected chi connectivity index (χ4v) is 3.47. The standard InChI is InChI=1S/C26H40N4O4/c1-7-8-9-10-11-25(32)29(16-17-33-5)19-24(31)27-23-18-22(26(2,3)4)28-30(23)20-12-14-21(34-6)15-13-20/h12-15,18H,7-11,16-17,19H2,1-6H3,(H,27,31). The van der Waals surface area contributed by atoms with Gasteiger partial charge in [0, 0.05) is 31.6 Å². The molecule has 1 aromatic heterocycles. The van der Waals surface area contributed by atoms with Crippen LogP contribution in [0.4, 0.5) is 5.82 Å². The summed E-state index contributed by atoms with van der Waals surface area (Å²) in [4.78, 5) is 27.3. The van der Waals surface area contributed by atoms with E-state index in [1.54, 1.807) is 23.8 Å². The highest BCUT2D eigenvalue weighted by molar-refractivity contribution is 5.94. The van der Waals surface area contributed by atoms with Crippen LogP contribution in [0.15, 0.2) is 30.3 Å². The van der Waals surface area contributed by atoms with E-state index < -0.39 is 0 Å². The summed E-state index contributed by atoms with van der Waals surface area (Å²) in [5, 5.41) is 7.71. The van der Waals surface area contributed by atoms with Crippen LogP contribution in [-0.2, 0) is 19.7 Å². The summed E-state index contributed by atoms with van der Waals surface area (Å²) in [5.74, 6) is 1.00. The summed E-state index contributed by atoms with van der Waals surface area (Å²) in [7, 11) is 3.21. The van der Waals surface area contributed by atoms with E-state index in [-0.39, 0.29) is 23.8 Å². The molecule has 0 aliphatic carbocycles. The molecule has 2 aromatic rings. The zero-order chi connectivity index (χ0) is 25.1. The Bertz CT molecular complexity index is 916. The molecule has 0 atom stereocenters. The summed E-state index contributed by atoms with van der Waals surface area (Å²) in [6.45, 7) is 9.08. The molecule has 8 nitrogen and oxygen atoms in total. The lowest BCUT2D eigenvalue weighted by molar-refractivity contribution is -0.135. The van der Waals surface area contributed by atoms with Crippen molar-refractivity contribution in [1.82, 2.24) is 14.7 Å². The Kier molecular flexibility index (Phi) is 10.6. The summed E-state index contributed by atoms with van der Waals surface area (Å²) in [5.41, 5.74) is 1.45. The number of methoxy groups -OCH3 is 2. The molecule has 0 spiro atoms. The van der Waals surface area contributed by atoms with E-state index >= 15 is 0 Å². The average Bonchev–Trinajstić information content (AvgIpc) is 3.23. The number of nitrogens with zero attached hydrogens (tertiary/aromatic N) is 3. The van der Waals surface area contributed by atoms with Crippen LogP contribution in [0.3, 0.4) is 0 Å². The van der Waals surface area contributed by atoms with E-state index in [1.807, 2.05) is 30.3 Å². The van der Waals surface area contributed by atoms with Crippen molar-refractivity contribution in [1.29, 1.82) is 0 Å². The number of ether oxygens (including phenoxy) is 2. The number of carbonyl (C=O) groups is 2. The van der Waals surface area contributed by atoms with Gasteiger partial charge in [-0.2, -0.15) is 5.10 Å². The van der Waals surface area contributed by atoms with E-state index in [0.29, 0.717) is 25.4 Å². The van der Waals surface area contributed by atoms with Gasteiger partial charge in [-0.15, -0.1) is 0 Å². The van der Waals surface area contributed by atoms with Crippen molar-refractivity contribution in [2.45, 2.75) is 65.2 Å². The van der Waals surface area contributed by atoms with Crippen LogP contribution in [0.1, 0.15) is 65.5 Å². The molecule has 8 heteroatoms. The second-order valence-electron chi connectivity index (χ2n) is 9.44. The molecule has 2 amide bonds. The van der Waals surface area contributed by atoms with Crippen molar-refractivity contribution in [3.05, 3.63) is 36.0 Å². The van der Waals surface area contributed by atoms with E-state index in [0.717, 1.165) is 42.8 Å². The lowest BCUT2D eigenvalue weighted by atomic mass is 9.92. The van der Waals surface area contributed by atoms with Crippen LogP contribution in [0, 0.1) is 0 Å². The van der Waals surface area contributed by atoms with Crippen molar-refractivity contribution in [3.8, 4) is 11.4 Å². The van der Waals surface area contributed by atoms with Crippen LogP contribution in [0.25, 0.3) is 5.69 Å². The third-order valence-electron chi connectivity index (χ3n) is 5.56. The fraction of sp³-hybridized carbons (Fsp3) is 0.577. The van der Waals surface area contributed by atoms with Crippen LogP contribution >= 0.6 is 0 Å². The Morgan fingerprint density at radius 1 is 1.09 bits per heavy atom. The van der Waals surface area contributed by atoms with Crippen molar-refractivity contribution < 1.29 is 19.1 Å². The second-order valence-corrected chi connectivity index (χ2v) is 9.44. The quantitative estimate of drug-likeness (QED) is 0.432. The van der Waals surface area contributed by atoms with E-state index in [2.05, 4.69) is 33.0 Å². The number of carbonyl (C=O) groups excluding carboxylic acids is 2. The smallest absolute Gasteiger partial charge is 0.245 e. The van der Waals surface area contributed by atoms with Gasteiger partial charge in [0.25, 0.3) is 0 Å². The van der Waals surface area contributed by atoms with Gasteiger partial charge in [-0.1, -0.05) is 47.0 Å². The SMILES string of the molecule is CCCCCCC(=O)N(CCOC)CC(=O)Nc1cc(C(C)(C)C)nn1-c1ccc(OC)cc1. The Morgan fingerprint density at radius 3 is 2.38 bits per heavy atom. The zero-order valence-corrected chi connectivity index (χ0v) is 21.5. The third-order valence-corrected chi connectivity index (χ3v) is 5.56. The molecule has 188 valence electrons. The number of nitrogens with one attached hydrogen (secondary N) is 1. The van der Waals surface area contributed by atoms with E-state index in [4.69, 9.17) is 14.6 Å². The summed E-state index contributed by atoms with van der Waals surface area (Å²) >= 11 is 0. The molecule has 0 saturated carbocycles. The van der Waals surface area contributed by atoms with Gasteiger partial charge in [0.2, 0.25) is 11.8 Å². The molecular weight excluding hydrogens is 432 g/mol. The van der Waals surface area contributed by atoms with Gasteiger partial charge in [-0.25, -0.2) is 4.68 Å². The first kappa shape index (κ1) is 27.4. The Labute approximate surface area is 203 Å². The molecule has 1 N–H and O–H groups in total. The van der Waals surface area contributed by atoms with Crippen molar-refractivity contribution in [2.75, 3.05) is 39.2 Å². The molecule has 2 rings (SSSR count). The Balaban J connectivity index is 2.19. The zero-order valence-electron chi connectivity index (χ0n) is 21.5. The number of hydrogen-bond donors (Lipinski definition) is 1. The van der Waals surface area contributed by atoms with Gasteiger partial charge < -0.3 is 19.7 Å². The van der Waals surface area contributed by atoms with Gasteiger partial charge in [0.1, 0.15) is 11.6 Å². The number of aromatic nitrogens is 2. The minimum atomic E-state index is -0.270. The van der Waals surface area contributed by atoms with Gasteiger partial charge in [-0.3, -0.25) is 9.59 Å². The van der Waals surface area contributed by atoms with Crippen molar-refractivity contribution >= 4 is 17.6 Å². The molecule has 34 heavy (non-hydrogen) atoms. The molecule has 1 aromatic carbocycles. The molecule has 0 radical (unpaired) electrons. The second kappa shape index (κ2) is 13.1. The Hall–Kier alpha value is -2.87. The van der Waals surface area contributed by atoms with E-state index in [1.165, 1.54) is 0 Å². The number of benzene rings is 1. The molecule has 0 bridgehead atoms. The average molecular weight is 473 g/mol. The summed E-state index contributed by atoms with van der Waals surface area (Å²) in [6, 6.07) is 9.36. The number of anilines is 1. The van der Waals surface area contributed by atoms with Crippen LogP contribution in [-0.4, -0.2) is 60.4 Å². The van der Waals surface area contributed by atoms with Crippen LogP contribution in [0.2, 0.25) is 0 Å². The fourth-order valence-electron chi connectivity index (χ4n) is 3.47. The largest absolute Gasteiger partial charge is 0.497 e. The number of rotatable bonds is 13. The third kappa shape index (κ3) is 8.17. The van der Waals surface area contributed by atoms with Crippen molar-refractivity contribution in [2.24, 2.45) is 0 Å². The van der Waals surface area contributed by atoms with E-state index in [9.17, 15) is 9.59 Å². The normalized spacial score (nSPS) is 11.4. The molecule has 0 saturated heterocycles. The van der Waals surface area contributed by atoms with Crippen molar-refractivity contribution in [3.63, 3.8) is 0 Å². The number of amides is 2. The van der Waals surface area contributed by atoms with Crippen LogP contribution in [0.5, 0.6) is 5.75 Å². The highest BCUT2D eigenvalue weighted by Gasteiger charge is 2.23. The van der Waals surface area contributed by atoms with Gasteiger partial charge >= 0.3 is 0 Å². The predicted octanol–water partition coefficient (Wildman–Crippen LogP) is 4.56. The highest BCUT2D eigenvalue weighted by atomic mass is 16.5. The molecule has 0 aliphatic rings. The summed E-state index contributed by atoms with van der Waals surface area (Å²) < 4.78 is 12.1. The number of hydrogen-bond acceptors (Lipinski definition) is 5. The monoisotopic (exact) mass is 472 g/mol. The first-order valence-corrected chi connectivity index (χ1v) is 12.0. The molecule has 1 heterocycles. The Morgan fingerprint density at radius 2 is 1.79 bits per heavy atom. The molecular formula is C26H40N4O4. The first-order valence-electron chi connectivity index (χ1n) is 12.0. The maximum atomic E-state index is 13.0. The maximum Gasteiger partial charge on any atom is 0.245 e. The highest BCUT2D eigenvalue weighted by Crippen LogP contribution is 2.27. The lowest BCUT2D eigenvalue weighted by Crippen LogP contribution is -2.40. The van der Waals surface area contributed by atoms with Gasteiger partial charge in [0.15, 0.2) is 0 Å². The molecule has 0 unspecified atom stereocenters. The number of unbranched alkanes of at least 4 members (excludes halogenated alkanes) is 3. The van der Waals surface area contributed by atoms with Gasteiger partial charge in [0.05, 0.1) is 31.6 Å². The van der Waals surface area contributed by atoms with Crippen LogP contribution < -0.4 is 10.1 Å². The predicted molar refractivity (Wildman–Crippen MR) is 135 cm³/mol. The summed E-state index contributed by atoms with van der Waals surface area (Å²) in [6.07, 6.45) is 4.51. The first-order chi connectivity index (χ1) is 16.2. The van der Waals surface area contributed by atoms with Gasteiger partial charge in [-0.05, 0) is 30.7 Å². The lowest BCUT2D eigenvalue weighted by Gasteiger charge is -2.22. The molecule has 0 fully saturated rings. The minimum absolute atomic E-state index is 0.0256. The topological polar surface area (TPSA) is 85.7 Å². The molecule has 0 aliphatic heterocycles. The maximum absolute atomic E-state index is 13.0. The minimum Gasteiger partial charge on any atom is -0.497 e.